The summed E-state index contributed by atoms with van der Waals surface area (Å²) in [6, 6.07) is 6.06. The van der Waals surface area contributed by atoms with Crippen LogP contribution in [0.1, 0.15) is 27.7 Å². The first-order valence-corrected chi connectivity index (χ1v) is 8.03. The van der Waals surface area contributed by atoms with Gasteiger partial charge in [-0.3, -0.25) is 0 Å². The van der Waals surface area contributed by atoms with Gasteiger partial charge in [0.1, 0.15) is 5.75 Å². The van der Waals surface area contributed by atoms with Gasteiger partial charge in [-0.1, -0.05) is 20.8 Å². The molecule has 0 saturated carbocycles. The van der Waals surface area contributed by atoms with E-state index in [1.165, 1.54) is 0 Å². The van der Waals surface area contributed by atoms with Crippen molar-refractivity contribution in [3.05, 3.63) is 24.3 Å². The zero-order valence-electron chi connectivity index (χ0n) is 12.0. The van der Waals surface area contributed by atoms with Crippen LogP contribution in [0.4, 0.5) is 0 Å². The van der Waals surface area contributed by atoms with E-state index in [2.05, 4.69) is 0 Å². The highest BCUT2D eigenvalue weighted by molar-refractivity contribution is 7.91. The van der Waals surface area contributed by atoms with Gasteiger partial charge < -0.3 is 10.5 Å². The molecule has 0 amide bonds. The highest BCUT2D eigenvalue weighted by Crippen LogP contribution is 2.23. The molecule has 1 aromatic carbocycles. The van der Waals surface area contributed by atoms with E-state index in [0.29, 0.717) is 12.4 Å². The minimum absolute atomic E-state index is 0.0511. The molecular weight excluding hydrogens is 262 g/mol. The number of hydrogen-bond donors (Lipinski definition) is 1. The zero-order valence-corrected chi connectivity index (χ0v) is 12.8. The summed E-state index contributed by atoms with van der Waals surface area (Å²) in [7, 11) is -3.35. The van der Waals surface area contributed by atoms with E-state index in [9.17, 15) is 8.42 Å². The van der Waals surface area contributed by atoms with Crippen LogP contribution in [-0.2, 0) is 9.84 Å². The SMILES string of the molecule is CCOc1ccc(S(=O)(=O)CC(N)C(C)(C)C)cc1. The molecule has 0 spiro atoms. The molecule has 0 saturated heterocycles. The average molecular weight is 285 g/mol. The van der Waals surface area contributed by atoms with Gasteiger partial charge in [0.25, 0.3) is 0 Å². The lowest BCUT2D eigenvalue weighted by Crippen LogP contribution is -2.41. The fourth-order valence-corrected chi connectivity index (χ4v) is 3.21. The van der Waals surface area contributed by atoms with Gasteiger partial charge in [0.15, 0.2) is 9.84 Å². The molecule has 0 bridgehead atoms. The first-order chi connectivity index (χ1) is 8.66. The number of rotatable bonds is 5. The summed E-state index contributed by atoms with van der Waals surface area (Å²) in [4.78, 5) is 0.288. The number of hydrogen-bond acceptors (Lipinski definition) is 4. The van der Waals surface area contributed by atoms with Crippen molar-refractivity contribution in [2.75, 3.05) is 12.4 Å². The summed E-state index contributed by atoms with van der Waals surface area (Å²) in [6.07, 6.45) is 0. The second-order valence-electron chi connectivity index (χ2n) is 5.66. The summed E-state index contributed by atoms with van der Waals surface area (Å²) in [6.45, 7) is 8.25. The van der Waals surface area contributed by atoms with Gasteiger partial charge in [0.05, 0.1) is 17.3 Å². The van der Waals surface area contributed by atoms with Crippen LogP contribution in [0.15, 0.2) is 29.2 Å². The van der Waals surface area contributed by atoms with Gasteiger partial charge in [0, 0.05) is 6.04 Å². The summed E-state index contributed by atoms with van der Waals surface area (Å²) in [5.41, 5.74) is 5.71. The molecule has 1 unspecified atom stereocenters. The Labute approximate surface area is 115 Å². The van der Waals surface area contributed by atoms with E-state index in [1.807, 2.05) is 27.7 Å². The second kappa shape index (κ2) is 5.92. The third-order valence-electron chi connectivity index (χ3n) is 3.01. The third kappa shape index (κ3) is 4.51. The van der Waals surface area contributed by atoms with Gasteiger partial charge in [-0.15, -0.1) is 0 Å². The molecule has 5 heteroatoms. The average Bonchev–Trinajstić information content (AvgIpc) is 2.28. The molecule has 0 aliphatic carbocycles. The molecule has 108 valence electrons. The van der Waals surface area contributed by atoms with Gasteiger partial charge in [-0.25, -0.2) is 8.42 Å². The Morgan fingerprint density at radius 3 is 2.16 bits per heavy atom. The molecule has 1 rings (SSSR count). The van der Waals surface area contributed by atoms with Gasteiger partial charge >= 0.3 is 0 Å². The maximum absolute atomic E-state index is 12.2. The second-order valence-corrected chi connectivity index (χ2v) is 7.69. The first kappa shape index (κ1) is 16.0. The lowest BCUT2D eigenvalue weighted by Gasteiger charge is -2.26. The number of nitrogens with two attached hydrogens (primary N) is 1. The minimum Gasteiger partial charge on any atom is -0.494 e. The predicted molar refractivity (Wildman–Crippen MR) is 77.1 cm³/mol. The zero-order chi connectivity index (χ0) is 14.7. The van der Waals surface area contributed by atoms with Crippen molar-refractivity contribution in [1.29, 1.82) is 0 Å². The normalized spacial score (nSPS) is 14.2. The Balaban J connectivity index is 2.89. The lowest BCUT2D eigenvalue weighted by atomic mass is 9.89. The highest BCUT2D eigenvalue weighted by atomic mass is 32.2. The van der Waals surface area contributed by atoms with Crippen LogP contribution in [0.25, 0.3) is 0 Å². The van der Waals surface area contributed by atoms with Crippen LogP contribution in [-0.4, -0.2) is 26.8 Å². The predicted octanol–water partition coefficient (Wildman–Crippen LogP) is 2.23. The van der Waals surface area contributed by atoms with E-state index in [-0.39, 0.29) is 16.1 Å². The summed E-state index contributed by atoms with van der Waals surface area (Å²) < 4.78 is 29.8. The lowest BCUT2D eigenvalue weighted by molar-refractivity contribution is 0.339. The summed E-state index contributed by atoms with van der Waals surface area (Å²) >= 11 is 0. The van der Waals surface area contributed by atoms with Gasteiger partial charge in [0.2, 0.25) is 0 Å². The maximum Gasteiger partial charge on any atom is 0.179 e. The summed E-state index contributed by atoms with van der Waals surface area (Å²) in [5.74, 6) is 0.617. The fraction of sp³-hybridized carbons (Fsp3) is 0.571. The standard InChI is InChI=1S/C14H23NO3S/c1-5-18-11-6-8-12(9-7-11)19(16,17)10-13(15)14(2,3)4/h6-9,13H,5,10,15H2,1-4H3. The Morgan fingerprint density at radius 1 is 1.21 bits per heavy atom. The van der Waals surface area contributed by atoms with E-state index in [4.69, 9.17) is 10.5 Å². The highest BCUT2D eigenvalue weighted by Gasteiger charge is 2.27. The van der Waals surface area contributed by atoms with E-state index < -0.39 is 15.9 Å². The van der Waals surface area contributed by atoms with Crippen LogP contribution in [0.3, 0.4) is 0 Å². The van der Waals surface area contributed by atoms with Crippen molar-refractivity contribution in [2.24, 2.45) is 11.1 Å². The van der Waals surface area contributed by atoms with E-state index >= 15 is 0 Å². The number of sulfone groups is 1. The molecule has 4 nitrogen and oxygen atoms in total. The molecule has 2 N–H and O–H groups in total. The van der Waals surface area contributed by atoms with Gasteiger partial charge in [-0.05, 0) is 36.6 Å². The van der Waals surface area contributed by atoms with Crippen LogP contribution < -0.4 is 10.5 Å². The van der Waals surface area contributed by atoms with Crippen LogP contribution in [0.2, 0.25) is 0 Å². The van der Waals surface area contributed by atoms with Crippen molar-refractivity contribution < 1.29 is 13.2 Å². The Kier molecular flexibility index (Phi) is 4.98. The molecule has 0 aliphatic heterocycles. The Morgan fingerprint density at radius 2 is 1.74 bits per heavy atom. The van der Waals surface area contributed by atoms with Crippen LogP contribution >= 0.6 is 0 Å². The Hall–Kier alpha value is -1.07. The maximum atomic E-state index is 12.2. The summed E-state index contributed by atoms with van der Waals surface area (Å²) in [5, 5.41) is 0. The van der Waals surface area contributed by atoms with Crippen molar-refractivity contribution in [3.63, 3.8) is 0 Å². The van der Waals surface area contributed by atoms with Crippen LogP contribution in [0, 0.1) is 5.41 Å². The topological polar surface area (TPSA) is 69.4 Å². The quantitative estimate of drug-likeness (QED) is 0.900. The molecule has 0 heterocycles. The van der Waals surface area contributed by atoms with Crippen molar-refractivity contribution in [1.82, 2.24) is 0 Å². The molecule has 1 atom stereocenters. The van der Waals surface area contributed by atoms with E-state index in [0.717, 1.165) is 0 Å². The van der Waals surface area contributed by atoms with Crippen LogP contribution in [0.5, 0.6) is 5.75 Å². The monoisotopic (exact) mass is 285 g/mol. The van der Waals surface area contributed by atoms with Crippen molar-refractivity contribution >= 4 is 9.84 Å². The number of ether oxygens (including phenoxy) is 1. The number of benzene rings is 1. The fourth-order valence-electron chi connectivity index (χ4n) is 1.49. The molecule has 1 aromatic rings. The van der Waals surface area contributed by atoms with Crippen molar-refractivity contribution in [2.45, 2.75) is 38.6 Å². The van der Waals surface area contributed by atoms with E-state index in [1.54, 1.807) is 24.3 Å². The first-order valence-electron chi connectivity index (χ1n) is 6.38. The molecule has 19 heavy (non-hydrogen) atoms. The smallest absolute Gasteiger partial charge is 0.179 e. The molecule has 0 aromatic heterocycles. The van der Waals surface area contributed by atoms with Gasteiger partial charge in [-0.2, -0.15) is 0 Å². The molecule has 0 radical (unpaired) electrons. The molecular formula is C14H23NO3S. The molecule has 0 fully saturated rings. The third-order valence-corrected chi connectivity index (χ3v) is 4.79. The van der Waals surface area contributed by atoms with Crippen molar-refractivity contribution in [3.8, 4) is 5.75 Å². The largest absolute Gasteiger partial charge is 0.494 e. The minimum atomic E-state index is -3.35. The Bertz CT molecular complexity index is 500. The molecule has 0 aliphatic rings.